The van der Waals surface area contributed by atoms with Crippen molar-refractivity contribution in [1.82, 2.24) is 10.6 Å². The first-order chi connectivity index (χ1) is 6.77. The van der Waals surface area contributed by atoms with Gasteiger partial charge in [-0.05, 0) is 18.6 Å². The van der Waals surface area contributed by atoms with E-state index in [1.165, 1.54) is 15.6 Å². The fourth-order valence-electron chi connectivity index (χ4n) is 1.80. The van der Waals surface area contributed by atoms with Crippen LogP contribution in [0.3, 0.4) is 0 Å². The average molecular weight is 255 g/mol. The second-order valence-electron chi connectivity index (χ2n) is 3.74. The fourth-order valence-corrected chi connectivity index (χ4v) is 2.33. The van der Waals surface area contributed by atoms with E-state index in [2.05, 4.69) is 51.7 Å². The summed E-state index contributed by atoms with van der Waals surface area (Å²) in [7, 11) is 0. The van der Waals surface area contributed by atoms with E-state index in [1.54, 1.807) is 0 Å². The van der Waals surface area contributed by atoms with Gasteiger partial charge in [0, 0.05) is 30.1 Å². The van der Waals surface area contributed by atoms with Gasteiger partial charge in [0.25, 0.3) is 0 Å². The van der Waals surface area contributed by atoms with Crippen LogP contribution < -0.4 is 10.6 Å². The molecule has 1 aromatic carbocycles. The Labute approximate surface area is 93.2 Å². The summed E-state index contributed by atoms with van der Waals surface area (Å²) in [6.45, 7) is 5.26. The first-order valence-corrected chi connectivity index (χ1v) is 5.77. The van der Waals surface area contributed by atoms with Crippen LogP contribution in [0.4, 0.5) is 0 Å². The topological polar surface area (TPSA) is 24.1 Å². The van der Waals surface area contributed by atoms with Crippen molar-refractivity contribution in [3.8, 4) is 0 Å². The average Bonchev–Trinajstić information content (AvgIpc) is 2.23. The monoisotopic (exact) mass is 254 g/mol. The molecule has 1 aromatic rings. The second-order valence-corrected chi connectivity index (χ2v) is 4.59. The summed E-state index contributed by atoms with van der Waals surface area (Å²) in [4.78, 5) is 0. The Hall–Kier alpha value is -0.380. The third-order valence-corrected chi connectivity index (χ3v) is 3.29. The van der Waals surface area contributed by atoms with Crippen LogP contribution in [0.1, 0.15) is 17.2 Å². The quantitative estimate of drug-likeness (QED) is 0.802. The predicted molar refractivity (Wildman–Crippen MR) is 62.5 cm³/mol. The van der Waals surface area contributed by atoms with Crippen LogP contribution in [-0.2, 0) is 0 Å². The summed E-state index contributed by atoms with van der Waals surface area (Å²) in [5.41, 5.74) is 2.67. The molecule has 1 aliphatic rings. The Balaban J connectivity index is 2.24. The number of halogens is 1. The van der Waals surface area contributed by atoms with Crippen LogP contribution >= 0.6 is 15.9 Å². The van der Waals surface area contributed by atoms with Crippen LogP contribution in [0.25, 0.3) is 0 Å². The van der Waals surface area contributed by atoms with Crippen molar-refractivity contribution in [2.45, 2.75) is 13.0 Å². The Morgan fingerprint density at radius 1 is 1.36 bits per heavy atom. The summed E-state index contributed by atoms with van der Waals surface area (Å²) in [6.07, 6.45) is 0. The van der Waals surface area contributed by atoms with Gasteiger partial charge in [-0.15, -0.1) is 0 Å². The van der Waals surface area contributed by atoms with Gasteiger partial charge in [-0.25, -0.2) is 0 Å². The summed E-state index contributed by atoms with van der Waals surface area (Å²) < 4.78 is 1.20. The Bertz CT molecular complexity index is 319. The maximum absolute atomic E-state index is 3.60. The molecular formula is C11H15BrN2. The minimum absolute atomic E-state index is 0.443. The molecule has 0 amide bonds. The molecule has 0 radical (unpaired) electrons. The standard InChI is InChI=1S/C11H15BrN2/c1-8-2-3-10(12)9(6-8)11-7-13-4-5-14-11/h2-3,6,11,13-14H,4-5,7H2,1H3. The molecule has 0 aliphatic carbocycles. The number of nitrogens with one attached hydrogen (secondary N) is 2. The normalized spacial score (nSPS) is 22.3. The van der Waals surface area contributed by atoms with E-state index >= 15 is 0 Å². The number of hydrogen-bond donors (Lipinski definition) is 2. The van der Waals surface area contributed by atoms with Gasteiger partial charge in [0.15, 0.2) is 0 Å². The molecular weight excluding hydrogens is 240 g/mol. The highest BCUT2D eigenvalue weighted by Gasteiger charge is 2.16. The van der Waals surface area contributed by atoms with E-state index in [4.69, 9.17) is 0 Å². The van der Waals surface area contributed by atoms with Crippen molar-refractivity contribution < 1.29 is 0 Å². The number of rotatable bonds is 1. The summed E-state index contributed by atoms with van der Waals surface area (Å²) >= 11 is 3.60. The number of benzene rings is 1. The van der Waals surface area contributed by atoms with Crippen molar-refractivity contribution >= 4 is 15.9 Å². The Morgan fingerprint density at radius 2 is 2.21 bits per heavy atom. The molecule has 0 spiro atoms. The summed E-state index contributed by atoms with van der Waals surface area (Å²) in [6, 6.07) is 6.94. The molecule has 1 unspecified atom stereocenters. The lowest BCUT2D eigenvalue weighted by molar-refractivity contribution is 0.429. The molecule has 0 bridgehead atoms. The number of piperazine rings is 1. The SMILES string of the molecule is Cc1ccc(Br)c(C2CNCCN2)c1. The van der Waals surface area contributed by atoms with E-state index in [1.807, 2.05) is 0 Å². The van der Waals surface area contributed by atoms with Crippen LogP contribution in [-0.4, -0.2) is 19.6 Å². The predicted octanol–water partition coefficient (Wildman–Crippen LogP) is 1.99. The lowest BCUT2D eigenvalue weighted by Crippen LogP contribution is -2.42. The highest BCUT2D eigenvalue weighted by Crippen LogP contribution is 2.24. The van der Waals surface area contributed by atoms with E-state index in [0.717, 1.165) is 19.6 Å². The zero-order chi connectivity index (χ0) is 9.97. The third-order valence-electron chi connectivity index (χ3n) is 2.57. The van der Waals surface area contributed by atoms with Gasteiger partial charge < -0.3 is 10.6 Å². The molecule has 2 nitrogen and oxygen atoms in total. The molecule has 14 heavy (non-hydrogen) atoms. The minimum atomic E-state index is 0.443. The molecule has 1 atom stereocenters. The van der Waals surface area contributed by atoms with E-state index in [-0.39, 0.29) is 0 Å². The van der Waals surface area contributed by atoms with Gasteiger partial charge in [-0.3, -0.25) is 0 Å². The van der Waals surface area contributed by atoms with Crippen molar-refractivity contribution in [3.63, 3.8) is 0 Å². The molecule has 3 heteroatoms. The zero-order valence-electron chi connectivity index (χ0n) is 8.31. The van der Waals surface area contributed by atoms with E-state index in [0.29, 0.717) is 6.04 Å². The molecule has 2 rings (SSSR count). The Morgan fingerprint density at radius 3 is 2.93 bits per heavy atom. The molecule has 1 saturated heterocycles. The molecule has 1 aliphatic heterocycles. The van der Waals surface area contributed by atoms with Crippen molar-refractivity contribution in [2.75, 3.05) is 19.6 Å². The van der Waals surface area contributed by atoms with Gasteiger partial charge in [-0.2, -0.15) is 0 Å². The maximum Gasteiger partial charge on any atom is 0.0458 e. The highest BCUT2D eigenvalue weighted by atomic mass is 79.9. The lowest BCUT2D eigenvalue weighted by atomic mass is 10.0. The Kier molecular flexibility index (Phi) is 3.21. The van der Waals surface area contributed by atoms with Gasteiger partial charge in [0.2, 0.25) is 0 Å². The molecule has 0 aromatic heterocycles. The fraction of sp³-hybridized carbons (Fsp3) is 0.455. The van der Waals surface area contributed by atoms with Gasteiger partial charge >= 0.3 is 0 Å². The molecule has 2 N–H and O–H groups in total. The van der Waals surface area contributed by atoms with Crippen molar-refractivity contribution in [1.29, 1.82) is 0 Å². The van der Waals surface area contributed by atoms with Crippen molar-refractivity contribution in [3.05, 3.63) is 33.8 Å². The van der Waals surface area contributed by atoms with Crippen LogP contribution in [0.5, 0.6) is 0 Å². The highest BCUT2D eigenvalue weighted by molar-refractivity contribution is 9.10. The number of aryl methyl sites for hydroxylation is 1. The van der Waals surface area contributed by atoms with Crippen LogP contribution in [0.15, 0.2) is 22.7 Å². The summed E-state index contributed by atoms with van der Waals surface area (Å²) in [5, 5.41) is 6.91. The largest absolute Gasteiger partial charge is 0.314 e. The minimum Gasteiger partial charge on any atom is -0.314 e. The van der Waals surface area contributed by atoms with E-state index in [9.17, 15) is 0 Å². The molecule has 0 saturated carbocycles. The summed E-state index contributed by atoms with van der Waals surface area (Å²) in [5.74, 6) is 0. The smallest absolute Gasteiger partial charge is 0.0458 e. The lowest BCUT2D eigenvalue weighted by Gasteiger charge is -2.26. The first kappa shape index (κ1) is 10.1. The van der Waals surface area contributed by atoms with Crippen molar-refractivity contribution in [2.24, 2.45) is 0 Å². The maximum atomic E-state index is 3.60. The first-order valence-electron chi connectivity index (χ1n) is 4.97. The van der Waals surface area contributed by atoms with Crippen LogP contribution in [0.2, 0.25) is 0 Å². The zero-order valence-corrected chi connectivity index (χ0v) is 9.89. The molecule has 1 heterocycles. The van der Waals surface area contributed by atoms with Gasteiger partial charge in [0.05, 0.1) is 0 Å². The van der Waals surface area contributed by atoms with Gasteiger partial charge in [0.1, 0.15) is 0 Å². The third kappa shape index (κ3) is 2.16. The molecule has 1 fully saturated rings. The van der Waals surface area contributed by atoms with E-state index < -0.39 is 0 Å². The van der Waals surface area contributed by atoms with Crippen LogP contribution in [0, 0.1) is 6.92 Å². The molecule has 76 valence electrons. The van der Waals surface area contributed by atoms with Gasteiger partial charge in [-0.1, -0.05) is 33.6 Å². The second kappa shape index (κ2) is 4.43. The number of hydrogen-bond acceptors (Lipinski definition) is 2.